The van der Waals surface area contributed by atoms with Crippen molar-refractivity contribution in [2.75, 3.05) is 11.9 Å². The summed E-state index contributed by atoms with van der Waals surface area (Å²) in [7, 11) is 0. The third-order valence-electron chi connectivity index (χ3n) is 2.64. The van der Waals surface area contributed by atoms with Gasteiger partial charge in [0.2, 0.25) is 0 Å². The van der Waals surface area contributed by atoms with Crippen LogP contribution in [0.3, 0.4) is 0 Å². The van der Waals surface area contributed by atoms with Gasteiger partial charge in [-0.05, 0) is 40.2 Å². The number of halogens is 4. The summed E-state index contributed by atoms with van der Waals surface area (Å²) in [5.41, 5.74) is 0.434. The van der Waals surface area contributed by atoms with Crippen LogP contribution in [0.25, 0.3) is 0 Å². The molecular weight excluding hydrogens is 379 g/mol. The first-order valence-corrected chi connectivity index (χ1v) is 6.97. The molecule has 23 heavy (non-hydrogen) atoms. The SMILES string of the molecule is N#Cc1cc(NC(=O)c2cc(Br)c[nH]2)ccc1OCC(F)(F)F. The number of ether oxygens (including phenoxy) is 1. The Morgan fingerprint density at radius 2 is 2.13 bits per heavy atom. The zero-order chi connectivity index (χ0) is 17.0. The van der Waals surface area contributed by atoms with E-state index in [9.17, 15) is 18.0 Å². The van der Waals surface area contributed by atoms with E-state index in [1.165, 1.54) is 18.2 Å². The van der Waals surface area contributed by atoms with Crippen molar-refractivity contribution < 1.29 is 22.7 Å². The molecule has 0 aliphatic heterocycles. The van der Waals surface area contributed by atoms with Gasteiger partial charge in [-0.25, -0.2) is 0 Å². The van der Waals surface area contributed by atoms with E-state index in [0.29, 0.717) is 4.47 Å². The number of hydrogen-bond donors (Lipinski definition) is 2. The summed E-state index contributed by atoms with van der Waals surface area (Å²) in [4.78, 5) is 14.7. The smallest absolute Gasteiger partial charge is 0.422 e. The lowest BCUT2D eigenvalue weighted by Gasteiger charge is -2.11. The molecule has 9 heteroatoms. The van der Waals surface area contributed by atoms with Crippen LogP contribution >= 0.6 is 15.9 Å². The monoisotopic (exact) mass is 387 g/mol. The number of anilines is 1. The number of rotatable bonds is 4. The van der Waals surface area contributed by atoms with Crippen molar-refractivity contribution in [1.82, 2.24) is 4.98 Å². The fourth-order valence-corrected chi connectivity index (χ4v) is 2.02. The van der Waals surface area contributed by atoms with Gasteiger partial charge in [-0.1, -0.05) is 0 Å². The first kappa shape index (κ1) is 16.9. The Morgan fingerprint density at radius 3 is 2.70 bits per heavy atom. The lowest BCUT2D eigenvalue weighted by atomic mass is 10.2. The van der Waals surface area contributed by atoms with Crippen molar-refractivity contribution in [1.29, 1.82) is 5.26 Å². The molecule has 0 aliphatic rings. The fraction of sp³-hybridized carbons (Fsp3) is 0.143. The molecule has 0 radical (unpaired) electrons. The van der Waals surface area contributed by atoms with E-state index in [-0.39, 0.29) is 22.7 Å². The van der Waals surface area contributed by atoms with Crippen LogP contribution < -0.4 is 10.1 Å². The third kappa shape index (κ3) is 4.75. The van der Waals surface area contributed by atoms with Gasteiger partial charge in [-0.15, -0.1) is 0 Å². The summed E-state index contributed by atoms with van der Waals surface area (Å²) in [5.74, 6) is -0.658. The van der Waals surface area contributed by atoms with Crippen LogP contribution in [0.2, 0.25) is 0 Å². The number of benzene rings is 1. The summed E-state index contributed by atoms with van der Waals surface area (Å²) < 4.78 is 41.7. The maximum absolute atomic E-state index is 12.1. The largest absolute Gasteiger partial charge is 0.483 e. The molecule has 0 spiro atoms. The molecule has 0 fully saturated rings. The number of nitrogens with zero attached hydrogens (tertiary/aromatic N) is 1. The van der Waals surface area contributed by atoms with E-state index in [4.69, 9.17) is 5.26 Å². The van der Waals surface area contributed by atoms with E-state index < -0.39 is 18.7 Å². The van der Waals surface area contributed by atoms with Crippen LogP contribution in [0.5, 0.6) is 5.75 Å². The zero-order valence-electron chi connectivity index (χ0n) is 11.4. The Labute approximate surface area is 137 Å². The number of nitriles is 1. The average molecular weight is 388 g/mol. The molecular formula is C14H9BrF3N3O2. The number of carbonyl (C=O) groups is 1. The minimum absolute atomic E-state index is 0.111. The van der Waals surface area contributed by atoms with E-state index in [1.807, 2.05) is 0 Å². The molecule has 5 nitrogen and oxygen atoms in total. The molecule has 1 heterocycles. The highest BCUT2D eigenvalue weighted by molar-refractivity contribution is 9.10. The summed E-state index contributed by atoms with van der Waals surface area (Å²) in [6.07, 6.45) is -2.93. The van der Waals surface area contributed by atoms with Gasteiger partial charge >= 0.3 is 6.18 Å². The van der Waals surface area contributed by atoms with Gasteiger partial charge in [0.15, 0.2) is 6.61 Å². The molecule has 0 aliphatic carbocycles. The van der Waals surface area contributed by atoms with Gasteiger partial charge in [0.1, 0.15) is 17.5 Å². The van der Waals surface area contributed by atoms with Gasteiger partial charge in [0, 0.05) is 16.4 Å². The quantitative estimate of drug-likeness (QED) is 0.836. The number of H-pyrrole nitrogens is 1. The van der Waals surface area contributed by atoms with E-state index in [2.05, 4.69) is 31.0 Å². The normalized spacial score (nSPS) is 10.9. The minimum Gasteiger partial charge on any atom is -0.483 e. The molecule has 1 amide bonds. The van der Waals surface area contributed by atoms with Crippen molar-refractivity contribution in [2.45, 2.75) is 6.18 Å². The molecule has 0 atom stereocenters. The van der Waals surface area contributed by atoms with E-state index >= 15 is 0 Å². The Balaban J connectivity index is 2.12. The Kier molecular flexibility index (Phi) is 4.95. The van der Waals surface area contributed by atoms with Crippen LogP contribution in [0, 0.1) is 11.3 Å². The number of aromatic nitrogens is 1. The molecule has 2 aromatic rings. The first-order valence-electron chi connectivity index (χ1n) is 6.17. The second-order valence-corrected chi connectivity index (χ2v) is 5.33. The highest BCUT2D eigenvalue weighted by Crippen LogP contribution is 2.25. The van der Waals surface area contributed by atoms with Crippen LogP contribution in [-0.4, -0.2) is 23.7 Å². The third-order valence-corrected chi connectivity index (χ3v) is 3.10. The molecule has 2 N–H and O–H groups in total. The number of carbonyl (C=O) groups excluding carboxylic acids is 1. The van der Waals surface area contributed by atoms with Gasteiger partial charge in [0.25, 0.3) is 5.91 Å². The molecule has 0 bridgehead atoms. The number of aromatic amines is 1. The summed E-state index contributed by atoms with van der Waals surface area (Å²) >= 11 is 3.19. The van der Waals surface area contributed by atoms with Crippen molar-refractivity contribution >= 4 is 27.5 Å². The predicted octanol–water partition coefficient (Wildman–Crippen LogP) is 3.84. The second-order valence-electron chi connectivity index (χ2n) is 4.41. The summed E-state index contributed by atoms with van der Waals surface area (Å²) in [5, 5.41) is 11.5. The summed E-state index contributed by atoms with van der Waals surface area (Å²) in [6.45, 7) is -1.50. The van der Waals surface area contributed by atoms with Crippen molar-refractivity contribution in [3.8, 4) is 11.8 Å². The number of amides is 1. The van der Waals surface area contributed by atoms with Crippen LogP contribution in [0.1, 0.15) is 16.1 Å². The first-order chi connectivity index (χ1) is 10.8. The van der Waals surface area contributed by atoms with Gasteiger partial charge < -0.3 is 15.0 Å². The van der Waals surface area contributed by atoms with Crippen molar-refractivity contribution in [2.24, 2.45) is 0 Å². The van der Waals surface area contributed by atoms with Gasteiger partial charge in [-0.2, -0.15) is 18.4 Å². The number of hydrogen-bond acceptors (Lipinski definition) is 3. The highest BCUT2D eigenvalue weighted by atomic mass is 79.9. The van der Waals surface area contributed by atoms with Gasteiger partial charge in [0.05, 0.1) is 5.56 Å². The molecule has 0 saturated carbocycles. The number of nitrogens with one attached hydrogen (secondary N) is 2. The average Bonchev–Trinajstić information content (AvgIpc) is 2.91. The molecule has 1 aromatic carbocycles. The fourth-order valence-electron chi connectivity index (χ4n) is 1.68. The van der Waals surface area contributed by atoms with Gasteiger partial charge in [-0.3, -0.25) is 4.79 Å². The van der Waals surface area contributed by atoms with E-state index in [0.717, 1.165) is 0 Å². The lowest BCUT2D eigenvalue weighted by molar-refractivity contribution is -0.153. The Bertz CT molecular complexity index is 765. The highest BCUT2D eigenvalue weighted by Gasteiger charge is 2.28. The molecule has 0 unspecified atom stereocenters. The standard InChI is InChI=1S/C14H9BrF3N3O2/c15-9-4-11(20-6-9)13(22)21-10-1-2-12(8(3-10)5-19)23-7-14(16,17)18/h1-4,6,20H,7H2,(H,21,22). The van der Waals surface area contributed by atoms with Crippen LogP contribution in [-0.2, 0) is 0 Å². The second kappa shape index (κ2) is 6.75. The van der Waals surface area contributed by atoms with E-state index in [1.54, 1.807) is 18.3 Å². The predicted molar refractivity (Wildman–Crippen MR) is 79.2 cm³/mol. The minimum atomic E-state index is -4.50. The molecule has 2 rings (SSSR count). The topological polar surface area (TPSA) is 77.9 Å². The molecule has 0 saturated heterocycles. The zero-order valence-corrected chi connectivity index (χ0v) is 13.0. The maximum Gasteiger partial charge on any atom is 0.422 e. The Morgan fingerprint density at radius 1 is 1.39 bits per heavy atom. The van der Waals surface area contributed by atoms with Crippen molar-refractivity contribution in [3.63, 3.8) is 0 Å². The summed E-state index contributed by atoms with van der Waals surface area (Å²) in [6, 6.07) is 7.07. The molecule has 1 aromatic heterocycles. The molecule has 120 valence electrons. The van der Waals surface area contributed by atoms with Crippen LogP contribution in [0.15, 0.2) is 34.9 Å². The Hall–Kier alpha value is -2.47. The maximum atomic E-state index is 12.1. The van der Waals surface area contributed by atoms with Crippen LogP contribution in [0.4, 0.5) is 18.9 Å². The number of alkyl halides is 3. The van der Waals surface area contributed by atoms with Crippen molar-refractivity contribution in [3.05, 3.63) is 46.2 Å². The lowest BCUT2D eigenvalue weighted by Crippen LogP contribution is -2.19.